The third kappa shape index (κ3) is 5.55. The molecule has 0 saturated heterocycles. The highest BCUT2D eigenvalue weighted by atomic mass is 32.2. The molecule has 0 aliphatic rings. The van der Waals surface area contributed by atoms with Gasteiger partial charge in [0.2, 0.25) is 0 Å². The molecule has 0 saturated carbocycles. The fourth-order valence-corrected chi connectivity index (χ4v) is 2.10. The van der Waals surface area contributed by atoms with E-state index in [1.165, 1.54) is 6.42 Å². The van der Waals surface area contributed by atoms with Gasteiger partial charge in [0.25, 0.3) is 0 Å². The number of likely N-dealkylation sites (N-methyl/N-ethyl adjacent to an activating group) is 1. The highest BCUT2D eigenvalue weighted by Gasteiger charge is 2.22. The fraction of sp³-hybridized carbons (Fsp3) is 1.00. The van der Waals surface area contributed by atoms with Crippen LogP contribution in [0.2, 0.25) is 0 Å². The number of aliphatic hydroxyl groups is 1. The number of thioether (sulfide) groups is 1. The lowest BCUT2D eigenvalue weighted by atomic mass is 10.1. The predicted octanol–water partition coefficient (Wildman–Crippen LogP) is 1.88. The summed E-state index contributed by atoms with van der Waals surface area (Å²) < 4.78 is 0. The molecule has 0 amide bonds. The summed E-state index contributed by atoms with van der Waals surface area (Å²) in [5.74, 6) is 0.979. The van der Waals surface area contributed by atoms with Crippen LogP contribution in [0.4, 0.5) is 0 Å². The summed E-state index contributed by atoms with van der Waals surface area (Å²) in [4.78, 5) is 0. The molecule has 13 heavy (non-hydrogen) atoms. The molecule has 0 radical (unpaired) electrons. The van der Waals surface area contributed by atoms with Crippen LogP contribution in [0.1, 0.15) is 34.1 Å². The first kappa shape index (κ1) is 13.3. The Morgan fingerprint density at radius 1 is 1.46 bits per heavy atom. The Kier molecular flexibility index (Phi) is 6.82. The van der Waals surface area contributed by atoms with Crippen molar-refractivity contribution in [3.8, 4) is 0 Å². The molecule has 2 atom stereocenters. The van der Waals surface area contributed by atoms with E-state index in [9.17, 15) is 5.11 Å². The molecule has 0 aliphatic carbocycles. The van der Waals surface area contributed by atoms with Crippen molar-refractivity contribution < 1.29 is 5.11 Å². The van der Waals surface area contributed by atoms with Gasteiger partial charge in [-0.3, -0.25) is 0 Å². The van der Waals surface area contributed by atoms with Gasteiger partial charge in [0.1, 0.15) is 0 Å². The van der Waals surface area contributed by atoms with E-state index in [2.05, 4.69) is 33.0 Å². The van der Waals surface area contributed by atoms with Crippen LogP contribution < -0.4 is 5.32 Å². The second kappa shape index (κ2) is 6.68. The summed E-state index contributed by atoms with van der Waals surface area (Å²) in [6, 6.07) is 0. The molecular formula is C10H23NOS. The summed E-state index contributed by atoms with van der Waals surface area (Å²) in [6.45, 7) is 9.70. The van der Waals surface area contributed by atoms with E-state index in [-0.39, 0.29) is 12.1 Å². The average molecular weight is 205 g/mol. The average Bonchev–Trinajstić information content (AvgIpc) is 2.15. The van der Waals surface area contributed by atoms with E-state index in [1.807, 2.05) is 11.8 Å². The van der Waals surface area contributed by atoms with Gasteiger partial charge in [-0.2, -0.15) is 11.8 Å². The lowest BCUT2D eigenvalue weighted by molar-refractivity contribution is 0.194. The lowest BCUT2D eigenvalue weighted by Gasteiger charge is -2.29. The van der Waals surface area contributed by atoms with Gasteiger partial charge >= 0.3 is 0 Å². The second-order valence-corrected chi connectivity index (χ2v) is 5.21. The summed E-state index contributed by atoms with van der Waals surface area (Å²) in [5.41, 5.74) is -0.108. The molecule has 80 valence electrons. The van der Waals surface area contributed by atoms with Crippen molar-refractivity contribution in [2.45, 2.75) is 44.9 Å². The van der Waals surface area contributed by atoms with Gasteiger partial charge in [-0.15, -0.1) is 0 Å². The molecule has 0 spiro atoms. The molecular weight excluding hydrogens is 182 g/mol. The summed E-state index contributed by atoms with van der Waals surface area (Å²) >= 11 is 1.93. The van der Waals surface area contributed by atoms with E-state index >= 15 is 0 Å². The standard InChI is InChI=1S/C10H23NOS/c1-5-9(3)13-8-10(4,7-12)11-6-2/h9,11-12H,5-8H2,1-4H3. The van der Waals surface area contributed by atoms with Crippen molar-refractivity contribution in [2.24, 2.45) is 0 Å². The summed E-state index contributed by atoms with van der Waals surface area (Å²) in [7, 11) is 0. The van der Waals surface area contributed by atoms with Gasteiger partial charge in [-0.25, -0.2) is 0 Å². The molecule has 2 unspecified atom stereocenters. The Hall–Kier alpha value is 0.270. The SMILES string of the molecule is CCNC(C)(CO)CSC(C)CC. The monoisotopic (exact) mass is 205 g/mol. The molecule has 0 fully saturated rings. The first-order valence-electron chi connectivity index (χ1n) is 5.05. The van der Waals surface area contributed by atoms with Crippen molar-refractivity contribution in [2.75, 3.05) is 18.9 Å². The zero-order valence-electron chi connectivity index (χ0n) is 9.26. The van der Waals surface area contributed by atoms with Gasteiger partial charge in [0, 0.05) is 16.5 Å². The molecule has 2 N–H and O–H groups in total. The zero-order valence-corrected chi connectivity index (χ0v) is 10.1. The van der Waals surface area contributed by atoms with Crippen molar-refractivity contribution in [3.05, 3.63) is 0 Å². The second-order valence-electron chi connectivity index (χ2n) is 3.78. The lowest BCUT2D eigenvalue weighted by Crippen LogP contribution is -2.48. The topological polar surface area (TPSA) is 32.3 Å². The highest BCUT2D eigenvalue weighted by Crippen LogP contribution is 2.19. The third-order valence-corrected chi connectivity index (χ3v) is 3.92. The van der Waals surface area contributed by atoms with Crippen LogP contribution in [0.15, 0.2) is 0 Å². The molecule has 0 aliphatic heterocycles. The predicted molar refractivity (Wildman–Crippen MR) is 61.4 cm³/mol. The number of hydrogen-bond donors (Lipinski definition) is 2. The van der Waals surface area contributed by atoms with Crippen LogP contribution in [-0.2, 0) is 0 Å². The van der Waals surface area contributed by atoms with Crippen LogP contribution in [0.3, 0.4) is 0 Å². The number of aliphatic hydroxyl groups excluding tert-OH is 1. The van der Waals surface area contributed by atoms with E-state index in [1.54, 1.807) is 0 Å². The molecule has 0 rings (SSSR count). The summed E-state index contributed by atoms with van der Waals surface area (Å²) in [5, 5.41) is 13.2. The normalized spacial score (nSPS) is 18.2. The van der Waals surface area contributed by atoms with Crippen molar-refractivity contribution in [3.63, 3.8) is 0 Å². The minimum atomic E-state index is -0.108. The van der Waals surface area contributed by atoms with Crippen LogP contribution in [0.5, 0.6) is 0 Å². The van der Waals surface area contributed by atoms with Crippen molar-refractivity contribution >= 4 is 11.8 Å². The zero-order chi connectivity index (χ0) is 10.3. The van der Waals surface area contributed by atoms with Gasteiger partial charge in [0.15, 0.2) is 0 Å². The minimum Gasteiger partial charge on any atom is -0.394 e. The van der Waals surface area contributed by atoms with Crippen LogP contribution in [0.25, 0.3) is 0 Å². The maximum atomic E-state index is 9.23. The quantitative estimate of drug-likeness (QED) is 0.665. The smallest absolute Gasteiger partial charge is 0.0618 e. The molecule has 0 heterocycles. The first-order chi connectivity index (χ1) is 6.08. The number of nitrogens with one attached hydrogen (secondary N) is 1. The Balaban J connectivity index is 3.82. The molecule has 0 aromatic heterocycles. The molecule has 0 aromatic carbocycles. The van der Waals surface area contributed by atoms with Gasteiger partial charge < -0.3 is 10.4 Å². The Bertz CT molecular complexity index is 132. The maximum absolute atomic E-state index is 9.23. The van der Waals surface area contributed by atoms with E-state index < -0.39 is 0 Å². The molecule has 2 nitrogen and oxygen atoms in total. The van der Waals surface area contributed by atoms with Crippen LogP contribution >= 0.6 is 11.8 Å². The minimum absolute atomic E-state index is 0.108. The summed E-state index contributed by atoms with van der Waals surface area (Å²) in [6.07, 6.45) is 1.19. The van der Waals surface area contributed by atoms with E-state index in [4.69, 9.17) is 0 Å². The van der Waals surface area contributed by atoms with E-state index in [0.29, 0.717) is 5.25 Å². The highest BCUT2D eigenvalue weighted by molar-refractivity contribution is 7.99. The Morgan fingerprint density at radius 3 is 2.46 bits per heavy atom. The third-order valence-electron chi connectivity index (χ3n) is 2.21. The van der Waals surface area contributed by atoms with Gasteiger partial charge in [-0.05, 0) is 19.9 Å². The molecule has 0 aromatic rings. The van der Waals surface area contributed by atoms with Gasteiger partial charge in [0.05, 0.1) is 6.61 Å². The van der Waals surface area contributed by atoms with Crippen molar-refractivity contribution in [1.29, 1.82) is 0 Å². The van der Waals surface area contributed by atoms with Gasteiger partial charge in [-0.1, -0.05) is 20.8 Å². The Labute approximate surface area is 86.5 Å². The maximum Gasteiger partial charge on any atom is 0.0618 e. The van der Waals surface area contributed by atoms with Crippen LogP contribution in [0, 0.1) is 0 Å². The fourth-order valence-electron chi connectivity index (χ4n) is 1.02. The Morgan fingerprint density at radius 2 is 2.08 bits per heavy atom. The first-order valence-corrected chi connectivity index (χ1v) is 6.10. The number of rotatable bonds is 7. The van der Waals surface area contributed by atoms with Crippen molar-refractivity contribution in [1.82, 2.24) is 5.32 Å². The molecule has 0 bridgehead atoms. The molecule has 3 heteroatoms. The van der Waals surface area contributed by atoms with E-state index in [0.717, 1.165) is 12.3 Å². The number of hydrogen-bond acceptors (Lipinski definition) is 3. The largest absolute Gasteiger partial charge is 0.394 e. The van der Waals surface area contributed by atoms with Crippen LogP contribution in [-0.4, -0.2) is 34.8 Å².